The molecule has 0 bridgehead atoms. The van der Waals surface area contributed by atoms with Crippen LogP contribution in [0.15, 0.2) is 18.2 Å². The molecule has 1 N–H and O–H groups in total. The van der Waals surface area contributed by atoms with Gasteiger partial charge in [-0.25, -0.2) is 0 Å². The highest BCUT2D eigenvalue weighted by Crippen LogP contribution is 2.40. The molecule has 0 aromatic heterocycles. The molecule has 0 amide bonds. The smallest absolute Gasteiger partial charge is 0.387 e. The minimum absolute atomic E-state index is 0.0143. The third kappa shape index (κ3) is 4.39. The van der Waals surface area contributed by atoms with Gasteiger partial charge in [0.05, 0.1) is 23.3 Å². The zero-order chi connectivity index (χ0) is 19.0. The lowest BCUT2D eigenvalue weighted by molar-refractivity contribution is -0.0497. The van der Waals surface area contributed by atoms with E-state index < -0.39 is 12.2 Å². The van der Waals surface area contributed by atoms with Crippen molar-refractivity contribution < 1.29 is 23.4 Å². The predicted octanol–water partition coefficient (Wildman–Crippen LogP) is 4.63. The summed E-state index contributed by atoms with van der Waals surface area (Å²) >= 11 is 6.09. The lowest BCUT2D eigenvalue weighted by Gasteiger charge is -2.40. The fourth-order valence-corrected chi connectivity index (χ4v) is 4.17. The van der Waals surface area contributed by atoms with E-state index in [2.05, 4.69) is 15.7 Å². The van der Waals surface area contributed by atoms with E-state index in [4.69, 9.17) is 16.3 Å². The summed E-state index contributed by atoms with van der Waals surface area (Å²) in [5.74, 6) is 0.0143. The summed E-state index contributed by atoms with van der Waals surface area (Å²) in [5.41, 5.74) is 1.23. The molecule has 0 spiro atoms. The van der Waals surface area contributed by atoms with Crippen molar-refractivity contribution in [2.75, 3.05) is 18.1 Å². The number of anilines is 1. The number of rotatable bonds is 6. The van der Waals surface area contributed by atoms with E-state index in [1.54, 1.807) is 12.1 Å². The Bertz CT molecular complexity index is 715. The van der Waals surface area contributed by atoms with Crippen LogP contribution in [-0.4, -0.2) is 42.6 Å². The van der Waals surface area contributed by atoms with Gasteiger partial charge >= 0.3 is 6.61 Å². The summed E-state index contributed by atoms with van der Waals surface area (Å²) < 4.78 is 35.8. The second-order valence-electron chi connectivity index (χ2n) is 7.74. The van der Waals surface area contributed by atoms with E-state index in [0.717, 1.165) is 56.3 Å². The van der Waals surface area contributed by atoms with Crippen LogP contribution in [0, 0.1) is 0 Å². The summed E-state index contributed by atoms with van der Waals surface area (Å²) in [4.78, 5) is 2.24. The van der Waals surface area contributed by atoms with Gasteiger partial charge in [-0.2, -0.15) is 8.78 Å². The number of nitrogens with zero attached hydrogens (tertiary/aromatic N) is 1. The van der Waals surface area contributed by atoms with Crippen molar-refractivity contribution in [2.45, 2.75) is 62.9 Å². The molecule has 7 heteroatoms. The standard InChI is InChI=1S/C20H24ClF2NO3/c21-16-10-13-2-1-9-24(17(13)11-18(16)27-19(22)23)14-3-5-15(6-4-14)26-12-20(25)7-8-20/h1-2,10-11,14-15,19,25H,3-9,12H2. The first-order valence-electron chi connectivity index (χ1n) is 9.49. The van der Waals surface area contributed by atoms with Crippen LogP contribution in [-0.2, 0) is 4.74 Å². The molecule has 2 fully saturated rings. The number of aliphatic hydroxyl groups is 1. The van der Waals surface area contributed by atoms with Crippen molar-refractivity contribution in [3.8, 4) is 5.75 Å². The lowest BCUT2D eigenvalue weighted by Crippen LogP contribution is -2.41. The molecular weight excluding hydrogens is 376 g/mol. The largest absolute Gasteiger partial charge is 0.433 e. The van der Waals surface area contributed by atoms with Crippen molar-refractivity contribution in [1.29, 1.82) is 0 Å². The summed E-state index contributed by atoms with van der Waals surface area (Å²) in [6.07, 6.45) is 9.69. The SMILES string of the molecule is OC1(COC2CCC(N3CC=Cc4cc(Cl)c(OC(F)F)cc43)CC2)CC1. The van der Waals surface area contributed by atoms with Crippen molar-refractivity contribution in [1.82, 2.24) is 0 Å². The van der Waals surface area contributed by atoms with Crippen molar-refractivity contribution in [3.63, 3.8) is 0 Å². The van der Waals surface area contributed by atoms with Crippen molar-refractivity contribution in [2.24, 2.45) is 0 Å². The molecule has 0 radical (unpaired) electrons. The number of hydrogen-bond donors (Lipinski definition) is 1. The Morgan fingerprint density at radius 3 is 2.63 bits per heavy atom. The number of fused-ring (bicyclic) bond motifs is 1. The number of ether oxygens (including phenoxy) is 2. The van der Waals surface area contributed by atoms with Gasteiger partial charge in [0.15, 0.2) is 0 Å². The molecule has 1 heterocycles. The van der Waals surface area contributed by atoms with Crippen LogP contribution in [0.2, 0.25) is 5.02 Å². The van der Waals surface area contributed by atoms with Gasteiger partial charge in [0.2, 0.25) is 0 Å². The van der Waals surface area contributed by atoms with Crippen LogP contribution in [0.25, 0.3) is 6.08 Å². The fraction of sp³-hybridized carbons (Fsp3) is 0.600. The monoisotopic (exact) mass is 399 g/mol. The van der Waals surface area contributed by atoms with Crippen LogP contribution < -0.4 is 9.64 Å². The second kappa shape index (κ2) is 7.57. The first-order chi connectivity index (χ1) is 12.9. The lowest BCUT2D eigenvalue weighted by atomic mass is 9.90. The Balaban J connectivity index is 1.42. The summed E-state index contributed by atoms with van der Waals surface area (Å²) in [5, 5.41) is 10.1. The molecule has 0 atom stereocenters. The number of halogens is 3. The van der Waals surface area contributed by atoms with Gasteiger partial charge in [-0.3, -0.25) is 0 Å². The third-order valence-corrected chi connectivity index (χ3v) is 6.00. The van der Waals surface area contributed by atoms with Gasteiger partial charge in [0.25, 0.3) is 0 Å². The minimum atomic E-state index is -2.90. The number of benzene rings is 1. The zero-order valence-corrected chi connectivity index (χ0v) is 15.8. The van der Waals surface area contributed by atoms with E-state index in [9.17, 15) is 13.9 Å². The van der Waals surface area contributed by atoms with E-state index in [0.29, 0.717) is 12.6 Å². The highest BCUT2D eigenvalue weighted by atomic mass is 35.5. The Morgan fingerprint density at radius 1 is 1.22 bits per heavy atom. The molecule has 3 aliphatic rings. The van der Waals surface area contributed by atoms with Crippen molar-refractivity contribution >= 4 is 23.4 Å². The molecule has 1 aromatic carbocycles. The molecule has 4 rings (SSSR count). The Hall–Kier alpha value is -1.37. The maximum Gasteiger partial charge on any atom is 0.387 e. The van der Waals surface area contributed by atoms with E-state index in [1.807, 2.05) is 6.08 Å². The fourth-order valence-electron chi connectivity index (χ4n) is 3.95. The third-order valence-electron chi connectivity index (χ3n) is 5.71. The van der Waals surface area contributed by atoms with E-state index in [-0.39, 0.29) is 16.9 Å². The first kappa shape index (κ1) is 19.0. The average Bonchev–Trinajstić information content (AvgIpc) is 3.38. The Kier molecular flexibility index (Phi) is 5.32. The molecular formula is C20H24ClF2NO3. The molecule has 1 aromatic rings. The first-order valence-corrected chi connectivity index (χ1v) is 9.87. The molecule has 0 saturated heterocycles. The summed E-state index contributed by atoms with van der Waals surface area (Å²) in [7, 11) is 0. The summed E-state index contributed by atoms with van der Waals surface area (Å²) in [6.45, 7) is -1.73. The molecule has 2 aliphatic carbocycles. The van der Waals surface area contributed by atoms with Crippen LogP contribution in [0.3, 0.4) is 0 Å². The van der Waals surface area contributed by atoms with Crippen LogP contribution in [0.4, 0.5) is 14.5 Å². The normalized spacial score (nSPS) is 26.2. The zero-order valence-electron chi connectivity index (χ0n) is 15.0. The molecule has 0 unspecified atom stereocenters. The number of hydrogen-bond acceptors (Lipinski definition) is 4. The van der Waals surface area contributed by atoms with Crippen LogP contribution in [0.5, 0.6) is 5.75 Å². The van der Waals surface area contributed by atoms with Crippen LogP contribution in [0.1, 0.15) is 44.1 Å². The molecule has 2 saturated carbocycles. The molecule has 148 valence electrons. The van der Waals surface area contributed by atoms with Crippen molar-refractivity contribution in [3.05, 3.63) is 28.8 Å². The minimum Gasteiger partial charge on any atom is -0.433 e. The quantitative estimate of drug-likeness (QED) is 0.757. The highest BCUT2D eigenvalue weighted by Gasteiger charge is 2.41. The predicted molar refractivity (Wildman–Crippen MR) is 101 cm³/mol. The van der Waals surface area contributed by atoms with Crippen LogP contribution >= 0.6 is 11.6 Å². The Labute approximate surface area is 162 Å². The van der Waals surface area contributed by atoms with Gasteiger partial charge in [-0.1, -0.05) is 23.8 Å². The molecule has 4 nitrogen and oxygen atoms in total. The molecule has 27 heavy (non-hydrogen) atoms. The Morgan fingerprint density at radius 2 is 1.96 bits per heavy atom. The average molecular weight is 400 g/mol. The van der Waals surface area contributed by atoms with Gasteiger partial charge in [0, 0.05) is 24.3 Å². The van der Waals surface area contributed by atoms with Gasteiger partial charge in [0.1, 0.15) is 5.75 Å². The maximum atomic E-state index is 12.6. The van der Waals surface area contributed by atoms with Gasteiger partial charge in [-0.15, -0.1) is 0 Å². The van der Waals surface area contributed by atoms with E-state index >= 15 is 0 Å². The number of alkyl halides is 2. The summed E-state index contributed by atoms with van der Waals surface area (Å²) in [6, 6.07) is 3.62. The maximum absolute atomic E-state index is 12.6. The highest BCUT2D eigenvalue weighted by molar-refractivity contribution is 6.32. The van der Waals surface area contributed by atoms with Gasteiger partial charge < -0.3 is 19.5 Å². The van der Waals surface area contributed by atoms with E-state index in [1.165, 1.54) is 0 Å². The topological polar surface area (TPSA) is 41.9 Å². The molecule has 1 aliphatic heterocycles. The van der Waals surface area contributed by atoms with Gasteiger partial charge in [-0.05, 0) is 50.2 Å². The second-order valence-corrected chi connectivity index (χ2v) is 8.15.